The number of thiophene rings is 1. The Hall–Kier alpha value is -1.91. The predicted octanol–water partition coefficient (Wildman–Crippen LogP) is 4.00. The van der Waals surface area contributed by atoms with E-state index in [1.807, 2.05) is 24.4 Å². The molecule has 0 aliphatic carbocycles. The Kier molecular flexibility index (Phi) is 4.18. The average Bonchev–Trinajstić information content (AvgIpc) is 3.00. The molecule has 0 amide bonds. The quantitative estimate of drug-likeness (QED) is 0.773. The van der Waals surface area contributed by atoms with Gasteiger partial charge < -0.3 is 10.1 Å². The molecule has 2 aromatic heterocycles. The third-order valence-corrected chi connectivity index (χ3v) is 4.37. The lowest BCUT2D eigenvalue weighted by molar-refractivity contribution is 0.404. The Morgan fingerprint density at radius 1 is 1.29 bits per heavy atom. The standard InChI is InChI=1S/C17H18N2OS/c1-3-18-17(13-6-4-5-7-15(13)20-2)12-10-16-14(19-11-12)8-9-21-16/h4-11,17-18H,3H2,1-2H3. The van der Waals surface area contributed by atoms with Crippen LogP contribution >= 0.6 is 11.3 Å². The van der Waals surface area contributed by atoms with Crippen LogP contribution in [-0.4, -0.2) is 18.6 Å². The fourth-order valence-corrected chi connectivity index (χ4v) is 3.33. The molecule has 0 aliphatic heterocycles. The van der Waals surface area contributed by atoms with Gasteiger partial charge in [0.15, 0.2) is 0 Å². The van der Waals surface area contributed by atoms with E-state index in [-0.39, 0.29) is 6.04 Å². The number of rotatable bonds is 5. The van der Waals surface area contributed by atoms with Crippen LogP contribution in [0, 0.1) is 0 Å². The zero-order chi connectivity index (χ0) is 14.7. The van der Waals surface area contributed by atoms with Crippen LogP contribution in [0.2, 0.25) is 0 Å². The minimum atomic E-state index is 0.0881. The molecule has 4 heteroatoms. The van der Waals surface area contributed by atoms with Crippen molar-refractivity contribution in [3.63, 3.8) is 0 Å². The number of fused-ring (bicyclic) bond motifs is 1. The number of nitrogens with zero attached hydrogens (tertiary/aromatic N) is 1. The SMILES string of the molecule is CCNC(c1cnc2ccsc2c1)c1ccccc1OC. The van der Waals surface area contributed by atoms with Crippen LogP contribution in [0.4, 0.5) is 0 Å². The van der Waals surface area contributed by atoms with Gasteiger partial charge in [0, 0.05) is 11.8 Å². The summed E-state index contributed by atoms with van der Waals surface area (Å²) in [5.74, 6) is 0.898. The Balaban J connectivity index is 2.07. The van der Waals surface area contributed by atoms with Gasteiger partial charge in [0.25, 0.3) is 0 Å². The number of ether oxygens (including phenoxy) is 1. The fraction of sp³-hybridized carbons (Fsp3) is 0.235. The van der Waals surface area contributed by atoms with Gasteiger partial charge in [-0.3, -0.25) is 4.98 Å². The number of benzene rings is 1. The zero-order valence-electron chi connectivity index (χ0n) is 12.2. The molecule has 0 bridgehead atoms. The Morgan fingerprint density at radius 2 is 2.14 bits per heavy atom. The van der Waals surface area contributed by atoms with Gasteiger partial charge >= 0.3 is 0 Å². The topological polar surface area (TPSA) is 34.2 Å². The maximum Gasteiger partial charge on any atom is 0.123 e. The Morgan fingerprint density at radius 3 is 2.95 bits per heavy atom. The van der Waals surface area contributed by atoms with Gasteiger partial charge in [-0.15, -0.1) is 11.3 Å². The van der Waals surface area contributed by atoms with E-state index in [2.05, 4.69) is 40.8 Å². The van der Waals surface area contributed by atoms with Crippen LogP contribution in [-0.2, 0) is 0 Å². The van der Waals surface area contributed by atoms with Gasteiger partial charge in [0.2, 0.25) is 0 Å². The first-order valence-electron chi connectivity index (χ1n) is 7.03. The molecule has 2 heterocycles. The molecule has 0 fully saturated rings. The number of methoxy groups -OCH3 is 1. The van der Waals surface area contributed by atoms with Crippen molar-refractivity contribution in [1.82, 2.24) is 10.3 Å². The van der Waals surface area contributed by atoms with Crippen LogP contribution in [0.5, 0.6) is 5.75 Å². The van der Waals surface area contributed by atoms with Gasteiger partial charge in [-0.25, -0.2) is 0 Å². The molecule has 1 aromatic carbocycles. The van der Waals surface area contributed by atoms with E-state index >= 15 is 0 Å². The van der Waals surface area contributed by atoms with Crippen molar-refractivity contribution >= 4 is 21.6 Å². The molecule has 21 heavy (non-hydrogen) atoms. The van der Waals surface area contributed by atoms with Gasteiger partial charge in [-0.1, -0.05) is 25.1 Å². The molecule has 1 N–H and O–H groups in total. The molecule has 3 aromatic rings. The first-order valence-corrected chi connectivity index (χ1v) is 7.91. The summed E-state index contributed by atoms with van der Waals surface area (Å²) < 4.78 is 6.72. The van der Waals surface area contributed by atoms with E-state index in [0.29, 0.717) is 0 Å². The zero-order valence-corrected chi connectivity index (χ0v) is 13.0. The second-order valence-electron chi connectivity index (χ2n) is 4.81. The molecule has 0 saturated heterocycles. The summed E-state index contributed by atoms with van der Waals surface area (Å²) in [4.78, 5) is 4.55. The van der Waals surface area contributed by atoms with Crippen LogP contribution < -0.4 is 10.1 Å². The van der Waals surface area contributed by atoms with E-state index in [4.69, 9.17) is 4.74 Å². The summed E-state index contributed by atoms with van der Waals surface area (Å²) in [5, 5.41) is 5.61. The van der Waals surface area contributed by atoms with Crippen LogP contribution in [0.3, 0.4) is 0 Å². The van der Waals surface area contributed by atoms with Crippen molar-refractivity contribution in [1.29, 1.82) is 0 Å². The molecule has 3 nitrogen and oxygen atoms in total. The highest BCUT2D eigenvalue weighted by atomic mass is 32.1. The predicted molar refractivity (Wildman–Crippen MR) is 88.1 cm³/mol. The van der Waals surface area contributed by atoms with Crippen molar-refractivity contribution in [2.75, 3.05) is 13.7 Å². The molecule has 0 aliphatic rings. The summed E-state index contributed by atoms with van der Waals surface area (Å²) in [7, 11) is 1.71. The second-order valence-corrected chi connectivity index (χ2v) is 5.75. The minimum absolute atomic E-state index is 0.0881. The molecular weight excluding hydrogens is 280 g/mol. The molecule has 0 saturated carbocycles. The molecule has 1 unspecified atom stereocenters. The number of aromatic nitrogens is 1. The highest BCUT2D eigenvalue weighted by Gasteiger charge is 2.18. The van der Waals surface area contributed by atoms with Crippen LogP contribution in [0.25, 0.3) is 10.2 Å². The van der Waals surface area contributed by atoms with Crippen LogP contribution in [0.15, 0.2) is 48.0 Å². The summed E-state index contributed by atoms with van der Waals surface area (Å²) in [6.45, 7) is 2.99. The van der Waals surface area contributed by atoms with E-state index < -0.39 is 0 Å². The summed E-state index contributed by atoms with van der Waals surface area (Å²) in [5.41, 5.74) is 3.36. The van der Waals surface area contributed by atoms with E-state index in [1.165, 1.54) is 4.70 Å². The normalized spacial score (nSPS) is 12.5. The number of hydrogen-bond acceptors (Lipinski definition) is 4. The molecule has 1 atom stereocenters. The van der Waals surface area contributed by atoms with E-state index in [9.17, 15) is 0 Å². The smallest absolute Gasteiger partial charge is 0.123 e. The van der Waals surface area contributed by atoms with Gasteiger partial charge in [0.05, 0.1) is 23.4 Å². The molecule has 108 valence electrons. The summed E-state index contributed by atoms with van der Waals surface area (Å²) in [6, 6.07) is 12.5. The number of para-hydroxylation sites is 1. The Labute approximate surface area is 128 Å². The number of pyridine rings is 1. The van der Waals surface area contributed by atoms with Gasteiger partial charge in [-0.05, 0) is 35.7 Å². The monoisotopic (exact) mass is 298 g/mol. The van der Waals surface area contributed by atoms with E-state index in [0.717, 1.165) is 28.9 Å². The minimum Gasteiger partial charge on any atom is -0.496 e. The fourth-order valence-electron chi connectivity index (χ4n) is 2.54. The maximum atomic E-state index is 5.51. The lowest BCUT2D eigenvalue weighted by atomic mass is 9.99. The highest BCUT2D eigenvalue weighted by molar-refractivity contribution is 7.17. The third kappa shape index (κ3) is 2.77. The van der Waals surface area contributed by atoms with Crippen molar-refractivity contribution in [2.45, 2.75) is 13.0 Å². The average molecular weight is 298 g/mol. The second kappa shape index (κ2) is 6.24. The van der Waals surface area contributed by atoms with Crippen molar-refractivity contribution in [3.05, 3.63) is 59.1 Å². The molecule has 0 radical (unpaired) electrons. The summed E-state index contributed by atoms with van der Waals surface area (Å²) in [6.07, 6.45) is 1.95. The highest BCUT2D eigenvalue weighted by Crippen LogP contribution is 2.31. The molecule has 3 rings (SSSR count). The summed E-state index contributed by atoms with van der Waals surface area (Å²) >= 11 is 1.72. The van der Waals surface area contributed by atoms with Crippen molar-refractivity contribution in [3.8, 4) is 5.75 Å². The Bertz CT molecular complexity index is 738. The lowest BCUT2D eigenvalue weighted by Crippen LogP contribution is -2.22. The maximum absolute atomic E-state index is 5.51. The van der Waals surface area contributed by atoms with Gasteiger partial charge in [0.1, 0.15) is 5.75 Å². The third-order valence-electron chi connectivity index (χ3n) is 3.52. The van der Waals surface area contributed by atoms with E-state index in [1.54, 1.807) is 18.4 Å². The van der Waals surface area contributed by atoms with Crippen LogP contribution in [0.1, 0.15) is 24.1 Å². The van der Waals surface area contributed by atoms with Crippen molar-refractivity contribution in [2.24, 2.45) is 0 Å². The number of nitrogens with one attached hydrogen (secondary N) is 1. The first kappa shape index (κ1) is 14.0. The molecular formula is C17H18N2OS. The largest absolute Gasteiger partial charge is 0.496 e. The lowest BCUT2D eigenvalue weighted by Gasteiger charge is -2.21. The first-order chi connectivity index (χ1) is 10.3. The molecule has 0 spiro atoms. The van der Waals surface area contributed by atoms with Crippen molar-refractivity contribution < 1.29 is 4.74 Å². The van der Waals surface area contributed by atoms with Gasteiger partial charge in [-0.2, -0.15) is 0 Å². The number of hydrogen-bond donors (Lipinski definition) is 1.